The number of thioether (sulfide) groups is 1. The number of likely N-dealkylation sites (tertiary alicyclic amines) is 1. The molecular weight excluding hydrogens is 496 g/mol. The minimum atomic E-state index is -1.06. The van der Waals surface area contributed by atoms with Gasteiger partial charge in [-0.3, -0.25) is 4.79 Å². The van der Waals surface area contributed by atoms with Crippen LogP contribution >= 0.6 is 11.8 Å². The van der Waals surface area contributed by atoms with Crippen molar-refractivity contribution in [1.29, 1.82) is 0 Å². The van der Waals surface area contributed by atoms with Gasteiger partial charge in [0.1, 0.15) is 23.1 Å². The van der Waals surface area contributed by atoms with Gasteiger partial charge in [-0.05, 0) is 45.6 Å². The summed E-state index contributed by atoms with van der Waals surface area (Å²) in [4.78, 5) is 55.6. The molecule has 204 valence electrons. The Hall–Kier alpha value is -2.95. The summed E-state index contributed by atoms with van der Waals surface area (Å²) in [5.74, 6) is -1.18. The molecule has 1 aromatic rings. The molecule has 0 saturated carbocycles. The first kappa shape index (κ1) is 28.6. The Bertz CT molecular complexity index is 977. The highest BCUT2D eigenvalue weighted by atomic mass is 32.2. The van der Waals surface area contributed by atoms with Crippen molar-refractivity contribution in [1.82, 2.24) is 20.0 Å². The number of benzene rings is 1. The maximum atomic E-state index is 13.6. The van der Waals surface area contributed by atoms with E-state index in [-0.39, 0.29) is 17.8 Å². The van der Waals surface area contributed by atoms with Crippen LogP contribution in [-0.4, -0.2) is 93.4 Å². The molecule has 0 spiro atoms. The van der Waals surface area contributed by atoms with Crippen LogP contribution < -0.4 is 5.32 Å². The molecule has 11 heteroatoms. The molecule has 0 aromatic heterocycles. The third-order valence-electron chi connectivity index (χ3n) is 6.61. The first-order valence-corrected chi connectivity index (χ1v) is 13.7. The lowest BCUT2D eigenvalue weighted by atomic mass is 10.0. The summed E-state index contributed by atoms with van der Waals surface area (Å²) in [5.41, 5.74) is 0.266. The Morgan fingerprint density at radius 2 is 1.78 bits per heavy atom. The number of amides is 4. The number of nitrogens with one attached hydrogen (secondary N) is 1. The summed E-state index contributed by atoms with van der Waals surface area (Å²) in [6.45, 7) is 8.11. The molecule has 4 amide bonds. The highest BCUT2D eigenvalue weighted by Gasteiger charge is 2.44. The molecule has 2 N–H and O–H groups in total. The lowest BCUT2D eigenvalue weighted by Gasteiger charge is -2.38. The van der Waals surface area contributed by atoms with E-state index in [4.69, 9.17) is 4.74 Å². The number of carbonyl (C=O) groups is 4. The van der Waals surface area contributed by atoms with Gasteiger partial charge >= 0.3 is 18.1 Å². The van der Waals surface area contributed by atoms with E-state index in [0.717, 1.165) is 5.56 Å². The number of hydrogen-bond donors (Lipinski definition) is 2. The molecule has 3 rings (SSSR count). The molecular formula is C26H38N4O6S. The molecule has 10 nitrogen and oxygen atoms in total. The Morgan fingerprint density at radius 3 is 2.32 bits per heavy atom. The van der Waals surface area contributed by atoms with Gasteiger partial charge in [0.25, 0.3) is 0 Å². The van der Waals surface area contributed by atoms with E-state index in [0.29, 0.717) is 32.4 Å². The predicted octanol–water partition coefficient (Wildman–Crippen LogP) is 3.53. The summed E-state index contributed by atoms with van der Waals surface area (Å²) in [6, 6.07) is 7.11. The van der Waals surface area contributed by atoms with Crippen molar-refractivity contribution in [3.63, 3.8) is 0 Å². The molecule has 0 bridgehead atoms. The van der Waals surface area contributed by atoms with Crippen LogP contribution in [0.1, 0.15) is 57.9 Å². The Kier molecular flexibility index (Phi) is 9.33. The first-order valence-electron chi connectivity index (χ1n) is 12.7. The van der Waals surface area contributed by atoms with Crippen LogP contribution in [0.15, 0.2) is 30.3 Å². The third kappa shape index (κ3) is 7.09. The quantitative estimate of drug-likeness (QED) is 0.573. The zero-order chi connectivity index (χ0) is 27.3. The third-order valence-corrected chi connectivity index (χ3v) is 7.93. The Morgan fingerprint density at radius 1 is 1.16 bits per heavy atom. The zero-order valence-corrected chi connectivity index (χ0v) is 23.0. The van der Waals surface area contributed by atoms with Crippen LogP contribution in [0.5, 0.6) is 0 Å². The van der Waals surface area contributed by atoms with E-state index in [2.05, 4.69) is 5.32 Å². The minimum absolute atomic E-state index is 0.0490. The molecule has 37 heavy (non-hydrogen) atoms. The molecule has 2 aliphatic rings. The van der Waals surface area contributed by atoms with Crippen molar-refractivity contribution in [2.24, 2.45) is 0 Å². The number of ether oxygens (including phenoxy) is 1. The van der Waals surface area contributed by atoms with Crippen LogP contribution in [0.25, 0.3) is 0 Å². The van der Waals surface area contributed by atoms with Crippen LogP contribution in [0.3, 0.4) is 0 Å². The van der Waals surface area contributed by atoms with E-state index >= 15 is 0 Å². The van der Waals surface area contributed by atoms with Gasteiger partial charge in [-0.1, -0.05) is 37.3 Å². The normalized spacial score (nSPS) is 21.3. The van der Waals surface area contributed by atoms with Crippen molar-refractivity contribution >= 4 is 35.8 Å². The van der Waals surface area contributed by atoms with Crippen molar-refractivity contribution in [2.45, 2.75) is 76.1 Å². The number of piperidine rings is 1. The number of carboxylic acid groups (broad SMARTS) is 1. The molecule has 1 unspecified atom stereocenters. The zero-order valence-electron chi connectivity index (χ0n) is 22.2. The van der Waals surface area contributed by atoms with Gasteiger partial charge in [-0.2, -0.15) is 0 Å². The lowest BCUT2D eigenvalue weighted by Crippen LogP contribution is -2.56. The van der Waals surface area contributed by atoms with Gasteiger partial charge < -0.3 is 29.9 Å². The minimum Gasteiger partial charge on any atom is -0.480 e. The van der Waals surface area contributed by atoms with Crippen LogP contribution in [0, 0.1) is 0 Å². The number of aliphatic carboxylic acids is 1. The fourth-order valence-corrected chi connectivity index (χ4v) is 5.97. The number of carboxylic acids is 1. The first-order chi connectivity index (χ1) is 17.4. The maximum absolute atomic E-state index is 13.6. The number of rotatable bonds is 6. The molecule has 1 aromatic carbocycles. The van der Waals surface area contributed by atoms with Crippen molar-refractivity contribution in [2.75, 3.05) is 25.9 Å². The van der Waals surface area contributed by atoms with Crippen molar-refractivity contribution < 1.29 is 29.0 Å². The topological polar surface area (TPSA) is 119 Å². The average molecular weight is 535 g/mol. The molecule has 2 heterocycles. The fraction of sp³-hybridized carbons (Fsp3) is 0.615. The van der Waals surface area contributed by atoms with Gasteiger partial charge in [0.15, 0.2) is 0 Å². The van der Waals surface area contributed by atoms with E-state index in [9.17, 15) is 24.3 Å². The second kappa shape index (κ2) is 12.1. The molecule has 2 fully saturated rings. The molecule has 2 aliphatic heterocycles. The second-order valence-corrected chi connectivity index (χ2v) is 11.5. The smallest absolute Gasteiger partial charge is 0.410 e. The van der Waals surface area contributed by atoms with Crippen LogP contribution in [-0.2, 0) is 14.3 Å². The van der Waals surface area contributed by atoms with Crippen LogP contribution in [0.2, 0.25) is 0 Å². The summed E-state index contributed by atoms with van der Waals surface area (Å²) < 4.78 is 5.44. The number of nitrogens with zero attached hydrogens (tertiary/aromatic N) is 3. The Labute approximate surface area is 222 Å². The molecule has 0 radical (unpaired) electrons. The summed E-state index contributed by atoms with van der Waals surface area (Å²) >= 11 is 1.41. The predicted molar refractivity (Wildman–Crippen MR) is 141 cm³/mol. The van der Waals surface area contributed by atoms with Gasteiger partial charge in [-0.15, -0.1) is 11.8 Å². The number of carbonyl (C=O) groups excluding carboxylic acids is 3. The standard InChI is InChI=1S/C26H38N4O6S/c1-6-19(21(31)30-20(23(32)33)16-37-22(30)17-10-8-7-9-11-17)27-24(34)29-14-12-18(13-15-29)28(5)25(35)36-26(2,3)4/h7-11,18-20,22H,6,12-16H2,1-5H3,(H,27,34)(H,32,33)/t19-,20-,22?/m0/s1. The van der Waals surface area contributed by atoms with Crippen LogP contribution in [0.4, 0.5) is 9.59 Å². The number of urea groups is 1. The van der Waals surface area contributed by atoms with Gasteiger partial charge in [0.05, 0.1) is 0 Å². The van der Waals surface area contributed by atoms with Crippen molar-refractivity contribution in [3.8, 4) is 0 Å². The summed E-state index contributed by atoms with van der Waals surface area (Å²) in [5, 5.41) is 12.2. The van der Waals surface area contributed by atoms with E-state index in [1.54, 1.807) is 23.8 Å². The molecule has 0 aliphatic carbocycles. The second-order valence-electron chi connectivity index (χ2n) is 10.4. The number of hydrogen-bond acceptors (Lipinski definition) is 6. The Balaban J connectivity index is 1.62. The fourth-order valence-electron chi connectivity index (χ4n) is 4.54. The summed E-state index contributed by atoms with van der Waals surface area (Å²) in [6.07, 6.45) is 1.12. The highest BCUT2D eigenvalue weighted by Crippen LogP contribution is 2.41. The van der Waals surface area contributed by atoms with Gasteiger partial charge in [0, 0.05) is 31.9 Å². The van der Waals surface area contributed by atoms with Crippen molar-refractivity contribution in [3.05, 3.63) is 35.9 Å². The monoisotopic (exact) mass is 534 g/mol. The lowest BCUT2D eigenvalue weighted by molar-refractivity contribution is -0.150. The SMILES string of the molecule is CC[C@H](NC(=O)N1CCC(N(C)C(=O)OC(C)(C)C)CC1)C(=O)N1C(c2ccccc2)SC[C@H]1C(=O)O. The van der Waals surface area contributed by atoms with E-state index in [1.165, 1.54) is 16.7 Å². The molecule has 2 saturated heterocycles. The molecule has 3 atom stereocenters. The van der Waals surface area contributed by atoms with Gasteiger partial charge in [0.2, 0.25) is 5.91 Å². The van der Waals surface area contributed by atoms with E-state index in [1.807, 2.05) is 51.1 Å². The largest absolute Gasteiger partial charge is 0.480 e. The highest BCUT2D eigenvalue weighted by molar-refractivity contribution is 7.99. The average Bonchev–Trinajstić information content (AvgIpc) is 3.31. The van der Waals surface area contributed by atoms with Gasteiger partial charge in [-0.25, -0.2) is 14.4 Å². The summed E-state index contributed by atoms with van der Waals surface area (Å²) in [7, 11) is 1.70. The van der Waals surface area contributed by atoms with E-state index < -0.39 is 41.0 Å². The maximum Gasteiger partial charge on any atom is 0.410 e.